The van der Waals surface area contributed by atoms with Crippen molar-refractivity contribution in [3.63, 3.8) is 0 Å². The first-order valence-electron chi connectivity index (χ1n) is 4.24. The third-order valence-electron chi connectivity index (χ3n) is 1.36. The maximum atomic E-state index is 12.7. The Morgan fingerprint density at radius 2 is 2.13 bits per heavy atom. The second-order valence-corrected chi connectivity index (χ2v) is 2.56. The molecule has 1 aromatic heterocycles. The number of ether oxygens (including phenoxy) is 1. The Balaban J connectivity index is 0.000000921. The van der Waals surface area contributed by atoms with Crippen molar-refractivity contribution < 1.29 is 23.9 Å². The fraction of sp³-hybridized carbons (Fsp3) is 0.333. The van der Waals surface area contributed by atoms with E-state index in [1.54, 1.807) is 0 Å². The maximum Gasteiger partial charge on any atom is 0.346 e. The van der Waals surface area contributed by atoms with Crippen molar-refractivity contribution in [3.05, 3.63) is 28.8 Å². The first kappa shape index (κ1) is 13.6. The predicted molar refractivity (Wildman–Crippen MR) is 51.5 cm³/mol. The third kappa shape index (κ3) is 3.36. The second kappa shape index (κ2) is 6.19. The van der Waals surface area contributed by atoms with Gasteiger partial charge in [0.1, 0.15) is 0 Å². The summed E-state index contributed by atoms with van der Waals surface area (Å²) >= 11 is 5.48. The van der Waals surface area contributed by atoms with Gasteiger partial charge in [-0.05, 0) is 11.6 Å². The van der Waals surface area contributed by atoms with Gasteiger partial charge in [0, 0.05) is 10.8 Å². The topological polar surface area (TPSA) is 50.4 Å². The van der Waals surface area contributed by atoms with Gasteiger partial charge in [0.15, 0.2) is 11.4 Å². The normalized spacial score (nSPS) is 8.87. The number of carbonyl (C=O) groups excluding carboxylic acids is 1. The van der Waals surface area contributed by atoms with Crippen LogP contribution in [0.1, 0.15) is 24.2 Å². The molecule has 6 heteroatoms. The van der Waals surface area contributed by atoms with Gasteiger partial charge in [-0.15, -0.1) is 0 Å². The molecule has 0 aliphatic carbocycles. The Hall–Kier alpha value is -1.36. The van der Waals surface area contributed by atoms with Crippen molar-refractivity contribution in [2.24, 2.45) is 0 Å². The van der Waals surface area contributed by atoms with E-state index in [0.29, 0.717) is 4.73 Å². The lowest BCUT2D eigenvalue weighted by Gasteiger charge is -1.97. The molecular formula is C9H12ClFNO3+. The van der Waals surface area contributed by atoms with Crippen LogP contribution in [0.25, 0.3) is 0 Å². The Labute approximate surface area is 91.8 Å². The van der Waals surface area contributed by atoms with Crippen LogP contribution in [0.3, 0.4) is 0 Å². The molecule has 0 fully saturated rings. The summed E-state index contributed by atoms with van der Waals surface area (Å²) in [5.74, 6) is -1.60. The highest BCUT2D eigenvalue weighted by Crippen LogP contribution is 2.12. The number of rotatable bonds is 1. The van der Waals surface area contributed by atoms with Crippen molar-refractivity contribution in [2.75, 3.05) is 7.11 Å². The molecular weight excluding hydrogens is 225 g/mol. The minimum atomic E-state index is -0.813. The SMILES string of the molecule is CC.COC(=O)c1cc(F)c[n+](O)c1Cl. The lowest BCUT2D eigenvalue weighted by atomic mass is 10.3. The van der Waals surface area contributed by atoms with Gasteiger partial charge in [-0.1, -0.05) is 13.8 Å². The summed E-state index contributed by atoms with van der Waals surface area (Å²) in [6.45, 7) is 4.00. The summed E-state index contributed by atoms with van der Waals surface area (Å²) in [5.41, 5.74) is -0.230. The van der Waals surface area contributed by atoms with Crippen LogP contribution in [0.4, 0.5) is 4.39 Å². The average Bonchev–Trinajstić information content (AvgIpc) is 2.25. The Morgan fingerprint density at radius 3 is 2.60 bits per heavy atom. The Bertz CT molecular complexity index is 357. The zero-order chi connectivity index (χ0) is 12.0. The fourth-order valence-corrected chi connectivity index (χ4v) is 0.965. The van der Waals surface area contributed by atoms with Crippen LogP contribution in [-0.2, 0) is 4.74 Å². The third-order valence-corrected chi connectivity index (χ3v) is 1.73. The minimum Gasteiger partial charge on any atom is -0.465 e. The number of nitrogens with zero attached hydrogens (tertiary/aromatic N) is 1. The van der Waals surface area contributed by atoms with E-state index in [4.69, 9.17) is 16.8 Å². The van der Waals surface area contributed by atoms with E-state index in [0.717, 1.165) is 19.4 Å². The average molecular weight is 237 g/mol. The fourth-order valence-electron chi connectivity index (χ4n) is 0.785. The number of halogens is 2. The van der Waals surface area contributed by atoms with Crippen LogP contribution in [0, 0.1) is 5.82 Å². The molecule has 1 rings (SSSR count). The van der Waals surface area contributed by atoms with E-state index in [9.17, 15) is 9.18 Å². The van der Waals surface area contributed by atoms with Gasteiger partial charge in [0.25, 0.3) is 6.20 Å². The van der Waals surface area contributed by atoms with Crippen molar-refractivity contribution in [1.29, 1.82) is 0 Å². The Morgan fingerprint density at radius 1 is 1.60 bits per heavy atom. The highest BCUT2D eigenvalue weighted by molar-refractivity contribution is 6.31. The first-order chi connectivity index (χ1) is 7.06. The molecule has 84 valence electrons. The summed E-state index contributed by atoms with van der Waals surface area (Å²) in [6.07, 6.45) is 0.731. The van der Waals surface area contributed by atoms with Gasteiger partial charge in [-0.25, -0.2) is 9.18 Å². The number of aromatic nitrogens is 1. The molecule has 15 heavy (non-hydrogen) atoms. The summed E-state index contributed by atoms with van der Waals surface area (Å²) in [7, 11) is 1.13. The number of carbonyl (C=O) groups is 1. The molecule has 0 saturated carbocycles. The van der Waals surface area contributed by atoms with Crippen LogP contribution >= 0.6 is 11.6 Å². The molecule has 0 spiro atoms. The van der Waals surface area contributed by atoms with E-state index in [1.165, 1.54) is 0 Å². The highest BCUT2D eigenvalue weighted by Gasteiger charge is 2.22. The van der Waals surface area contributed by atoms with Crippen molar-refractivity contribution in [1.82, 2.24) is 0 Å². The number of hydrogen-bond donors (Lipinski definition) is 1. The number of esters is 1. The predicted octanol–water partition coefficient (Wildman–Crippen LogP) is 1.82. The second-order valence-electron chi connectivity index (χ2n) is 2.20. The summed E-state index contributed by atoms with van der Waals surface area (Å²) in [6, 6.07) is 0.876. The molecule has 0 saturated heterocycles. The molecule has 1 N–H and O–H groups in total. The Kier molecular flexibility index (Phi) is 5.62. The first-order valence-corrected chi connectivity index (χ1v) is 4.62. The highest BCUT2D eigenvalue weighted by atomic mass is 35.5. The monoisotopic (exact) mass is 236 g/mol. The van der Waals surface area contributed by atoms with E-state index in [2.05, 4.69) is 4.74 Å². The quantitative estimate of drug-likeness (QED) is 0.350. The molecule has 0 unspecified atom stereocenters. The number of pyridine rings is 1. The minimum absolute atomic E-state index is 0.230. The molecule has 0 bridgehead atoms. The van der Waals surface area contributed by atoms with Gasteiger partial charge in [-0.2, -0.15) is 0 Å². The molecule has 0 atom stereocenters. The number of methoxy groups -OCH3 is 1. The smallest absolute Gasteiger partial charge is 0.346 e. The van der Waals surface area contributed by atoms with E-state index in [-0.39, 0.29) is 10.7 Å². The van der Waals surface area contributed by atoms with Crippen LogP contribution in [0.2, 0.25) is 5.15 Å². The maximum absolute atomic E-state index is 12.7. The molecule has 4 nitrogen and oxygen atoms in total. The van der Waals surface area contributed by atoms with Crippen molar-refractivity contribution in [3.8, 4) is 0 Å². The molecule has 1 aromatic rings. The lowest BCUT2D eigenvalue weighted by Crippen LogP contribution is -2.33. The zero-order valence-corrected chi connectivity index (χ0v) is 9.38. The van der Waals surface area contributed by atoms with Crippen LogP contribution in [0.15, 0.2) is 12.3 Å². The van der Waals surface area contributed by atoms with Gasteiger partial charge in [-0.3, -0.25) is 5.21 Å². The van der Waals surface area contributed by atoms with Gasteiger partial charge >= 0.3 is 11.1 Å². The summed E-state index contributed by atoms with van der Waals surface area (Å²) in [4.78, 5) is 10.9. The molecule has 1 heterocycles. The van der Waals surface area contributed by atoms with Crippen molar-refractivity contribution in [2.45, 2.75) is 13.8 Å². The standard InChI is InChI=1S/C7H6ClFNO3.C2H6/c1-13-7(11)5-2-4(9)3-10(12)6(5)8;1-2/h2-3,12H,1H3;1-2H3/q+1;. The van der Waals surface area contributed by atoms with E-state index in [1.807, 2.05) is 13.8 Å². The van der Waals surface area contributed by atoms with Gasteiger partial charge in [0.05, 0.1) is 7.11 Å². The molecule has 0 aromatic carbocycles. The van der Waals surface area contributed by atoms with E-state index < -0.39 is 11.8 Å². The zero-order valence-electron chi connectivity index (χ0n) is 8.62. The van der Waals surface area contributed by atoms with Crippen molar-refractivity contribution >= 4 is 17.6 Å². The van der Waals surface area contributed by atoms with Gasteiger partial charge in [0.2, 0.25) is 0 Å². The summed E-state index contributed by atoms with van der Waals surface area (Å²) in [5, 5.41) is 8.66. The molecule has 0 aliphatic rings. The largest absolute Gasteiger partial charge is 0.465 e. The molecule has 0 amide bonds. The van der Waals surface area contributed by atoms with E-state index >= 15 is 0 Å². The number of hydrogen-bond acceptors (Lipinski definition) is 3. The lowest BCUT2D eigenvalue weighted by molar-refractivity contribution is -0.903. The van der Waals surface area contributed by atoms with Crippen LogP contribution < -0.4 is 4.73 Å². The summed E-state index contributed by atoms with van der Waals surface area (Å²) < 4.78 is 17.3. The van der Waals surface area contributed by atoms with Crippen LogP contribution in [0.5, 0.6) is 0 Å². The molecule has 0 aliphatic heterocycles. The molecule has 0 radical (unpaired) electrons. The van der Waals surface area contributed by atoms with Crippen LogP contribution in [-0.4, -0.2) is 18.3 Å². The van der Waals surface area contributed by atoms with Gasteiger partial charge < -0.3 is 4.74 Å².